The molecule has 1 aromatic heterocycles. The Balaban J connectivity index is 1.50. The van der Waals surface area contributed by atoms with Gasteiger partial charge >= 0.3 is 0 Å². The van der Waals surface area contributed by atoms with Gasteiger partial charge in [0.25, 0.3) is 0 Å². The molecule has 51 heavy (non-hydrogen) atoms. The normalized spacial score (nSPS) is 15.1. The van der Waals surface area contributed by atoms with Crippen molar-refractivity contribution in [2.45, 2.75) is 12.3 Å². The molecule has 7 aromatic carbocycles. The van der Waals surface area contributed by atoms with E-state index in [1.165, 1.54) is 54.7 Å². The number of aromatic nitrogens is 1. The molecular formula is C50H37N. The SMILES string of the molecule is C=C/C=C(\C=C)c1ccc2c(c1)c1ccccc1c1ccccc1c1ccccc1n2-c1ccc2c(c1)C(C)(c1ccccc1)c1ccccc1-2. The number of hydrogen-bond acceptors (Lipinski definition) is 0. The van der Waals surface area contributed by atoms with E-state index in [4.69, 9.17) is 0 Å². The van der Waals surface area contributed by atoms with Gasteiger partial charge in [-0.15, -0.1) is 0 Å². The first-order valence-electron chi connectivity index (χ1n) is 17.6. The number of nitrogens with zero attached hydrogens (tertiary/aromatic N) is 1. The summed E-state index contributed by atoms with van der Waals surface area (Å²) in [5.41, 5.74) is 11.7. The summed E-state index contributed by atoms with van der Waals surface area (Å²) in [6, 6.07) is 60.3. The van der Waals surface area contributed by atoms with Crippen LogP contribution in [0.15, 0.2) is 195 Å². The molecule has 0 radical (unpaired) electrons. The standard InChI is InChI=1S/C50H37N/c1-4-17-34(5-2)35-28-31-49-45(32-35)41-23-12-10-21-39(41)38-20-9-11-22-40(38)44-25-14-16-27-48(44)51(49)37-29-30-43-42-24-13-15-26-46(42)50(3,47(43)33-37)36-18-7-6-8-19-36/h4-33H,1-2H2,3H3/b34-17+. The number of rotatable bonds is 5. The van der Waals surface area contributed by atoms with Gasteiger partial charge in [0.05, 0.1) is 11.0 Å². The van der Waals surface area contributed by atoms with Gasteiger partial charge in [0, 0.05) is 21.9 Å². The fourth-order valence-corrected chi connectivity index (χ4v) is 8.45. The maximum absolute atomic E-state index is 4.15. The Hall–Kier alpha value is -6.44. The summed E-state index contributed by atoms with van der Waals surface area (Å²) in [7, 11) is 0. The molecule has 242 valence electrons. The maximum Gasteiger partial charge on any atom is 0.0540 e. The number of hydrogen-bond donors (Lipinski definition) is 0. The van der Waals surface area contributed by atoms with Crippen molar-refractivity contribution < 1.29 is 0 Å². The topological polar surface area (TPSA) is 4.93 Å². The van der Waals surface area contributed by atoms with Crippen molar-refractivity contribution in [2.24, 2.45) is 0 Å². The van der Waals surface area contributed by atoms with Crippen LogP contribution >= 0.6 is 0 Å². The van der Waals surface area contributed by atoms with Crippen molar-refractivity contribution in [1.82, 2.24) is 4.57 Å². The van der Waals surface area contributed by atoms with Crippen molar-refractivity contribution in [3.05, 3.63) is 217 Å². The second-order valence-electron chi connectivity index (χ2n) is 13.5. The molecule has 9 rings (SSSR count). The van der Waals surface area contributed by atoms with E-state index in [-0.39, 0.29) is 5.41 Å². The molecule has 0 aliphatic heterocycles. The Kier molecular flexibility index (Phi) is 7.30. The lowest BCUT2D eigenvalue weighted by atomic mass is 9.74. The van der Waals surface area contributed by atoms with Crippen LogP contribution in [0.25, 0.3) is 65.7 Å². The van der Waals surface area contributed by atoms with Crippen LogP contribution in [-0.4, -0.2) is 4.57 Å². The summed E-state index contributed by atoms with van der Waals surface area (Å²) in [6.07, 6.45) is 5.77. The van der Waals surface area contributed by atoms with Crippen molar-refractivity contribution in [1.29, 1.82) is 0 Å². The molecule has 0 N–H and O–H groups in total. The van der Waals surface area contributed by atoms with Gasteiger partial charge < -0.3 is 4.57 Å². The van der Waals surface area contributed by atoms with Gasteiger partial charge in [-0.25, -0.2) is 0 Å². The molecule has 1 aliphatic rings. The molecule has 0 amide bonds. The molecule has 0 saturated carbocycles. The third-order valence-electron chi connectivity index (χ3n) is 10.9. The highest BCUT2D eigenvalue weighted by molar-refractivity contribution is 6.19. The van der Waals surface area contributed by atoms with Crippen LogP contribution in [0.5, 0.6) is 0 Å². The summed E-state index contributed by atoms with van der Waals surface area (Å²) in [6.45, 7) is 10.5. The lowest BCUT2D eigenvalue weighted by Crippen LogP contribution is -2.22. The van der Waals surface area contributed by atoms with E-state index >= 15 is 0 Å². The molecule has 0 saturated heterocycles. The van der Waals surface area contributed by atoms with Crippen LogP contribution in [0.1, 0.15) is 29.2 Å². The molecule has 8 aromatic rings. The summed E-state index contributed by atoms with van der Waals surface area (Å²) < 4.78 is 2.48. The molecule has 1 aliphatic carbocycles. The molecule has 0 spiro atoms. The van der Waals surface area contributed by atoms with Crippen molar-refractivity contribution in [2.75, 3.05) is 0 Å². The Morgan fingerprint density at radius 1 is 0.510 bits per heavy atom. The fraction of sp³-hybridized carbons (Fsp3) is 0.0400. The van der Waals surface area contributed by atoms with Crippen LogP contribution in [0, 0.1) is 0 Å². The highest BCUT2D eigenvalue weighted by atomic mass is 15.0. The highest BCUT2D eigenvalue weighted by Crippen LogP contribution is 2.53. The van der Waals surface area contributed by atoms with Gasteiger partial charge in [-0.1, -0.05) is 165 Å². The van der Waals surface area contributed by atoms with E-state index in [0.717, 1.165) is 33.2 Å². The van der Waals surface area contributed by atoms with Gasteiger partial charge in [-0.2, -0.15) is 0 Å². The molecule has 0 fully saturated rings. The van der Waals surface area contributed by atoms with Crippen LogP contribution in [0.2, 0.25) is 0 Å². The van der Waals surface area contributed by atoms with Gasteiger partial charge in [0.15, 0.2) is 0 Å². The lowest BCUT2D eigenvalue weighted by Gasteiger charge is -2.29. The average Bonchev–Trinajstić information content (AvgIpc) is 3.47. The van der Waals surface area contributed by atoms with Gasteiger partial charge in [-0.3, -0.25) is 0 Å². The molecule has 1 nitrogen and oxygen atoms in total. The second kappa shape index (κ2) is 12.2. The molecule has 1 atom stereocenters. The molecule has 1 unspecified atom stereocenters. The average molecular weight is 652 g/mol. The van der Waals surface area contributed by atoms with E-state index in [0.29, 0.717) is 0 Å². The van der Waals surface area contributed by atoms with Crippen LogP contribution in [-0.2, 0) is 5.41 Å². The quantitative estimate of drug-likeness (QED) is 0.163. The summed E-state index contributed by atoms with van der Waals surface area (Å²) in [4.78, 5) is 0. The van der Waals surface area contributed by atoms with Gasteiger partial charge in [0.2, 0.25) is 0 Å². The summed E-state index contributed by atoms with van der Waals surface area (Å²) >= 11 is 0. The van der Waals surface area contributed by atoms with Crippen LogP contribution < -0.4 is 0 Å². The van der Waals surface area contributed by atoms with Crippen molar-refractivity contribution in [3.63, 3.8) is 0 Å². The predicted octanol–water partition coefficient (Wildman–Crippen LogP) is 13.3. The zero-order valence-electron chi connectivity index (χ0n) is 28.7. The largest absolute Gasteiger partial charge is 0.309 e. The van der Waals surface area contributed by atoms with Crippen LogP contribution in [0.3, 0.4) is 0 Å². The highest BCUT2D eigenvalue weighted by Gasteiger charge is 2.40. The first kappa shape index (κ1) is 30.6. The number of para-hydroxylation sites is 1. The number of benzene rings is 7. The summed E-state index contributed by atoms with van der Waals surface area (Å²) in [5.74, 6) is 0. The molecule has 1 heterocycles. The lowest BCUT2D eigenvalue weighted by molar-refractivity contribution is 0.713. The maximum atomic E-state index is 4.15. The number of fused-ring (bicyclic) bond motifs is 10. The summed E-state index contributed by atoms with van der Waals surface area (Å²) in [5, 5.41) is 7.15. The minimum atomic E-state index is -0.317. The number of allylic oxidation sites excluding steroid dienone is 4. The minimum absolute atomic E-state index is 0.317. The minimum Gasteiger partial charge on any atom is -0.309 e. The zero-order chi connectivity index (χ0) is 34.5. The van der Waals surface area contributed by atoms with Crippen LogP contribution in [0.4, 0.5) is 0 Å². The Labute approximate surface area is 299 Å². The Morgan fingerprint density at radius 2 is 1.08 bits per heavy atom. The first-order chi connectivity index (χ1) is 25.1. The predicted molar refractivity (Wildman–Crippen MR) is 219 cm³/mol. The fourth-order valence-electron chi connectivity index (χ4n) is 8.45. The molecule has 0 bridgehead atoms. The van der Waals surface area contributed by atoms with Gasteiger partial charge in [0.1, 0.15) is 0 Å². The molecular weight excluding hydrogens is 615 g/mol. The van der Waals surface area contributed by atoms with Crippen molar-refractivity contribution in [3.8, 4) is 16.8 Å². The monoisotopic (exact) mass is 651 g/mol. The van der Waals surface area contributed by atoms with E-state index < -0.39 is 0 Å². The third kappa shape index (κ3) is 4.70. The third-order valence-corrected chi connectivity index (χ3v) is 10.9. The van der Waals surface area contributed by atoms with E-state index in [2.05, 4.69) is 188 Å². The second-order valence-corrected chi connectivity index (χ2v) is 13.5. The van der Waals surface area contributed by atoms with Crippen molar-refractivity contribution >= 4 is 48.9 Å². The zero-order valence-corrected chi connectivity index (χ0v) is 28.7. The van der Waals surface area contributed by atoms with E-state index in [1.54, 1.807) is 0 Å². The van der Waals surface area contributed by atoms with E-state index in [9.17, 15) is 0 Å². The Bertz CT molecular complexity index is 2790. The first-order valence-corrected chi connectivity index (χ1v) is 17.6. The Morgan fingerprint density at radius 3 is 1.78 bits per heavy atom. The van der Waals surface area contributed by atoms with Gasteiger partial charge in [-0.05, 0) is 97.8 Å². The van der Waals surface area contributed by atoms with E-state index in [1.807, 2.05) is 18.2 Å². The smallest absolute Gasteiger partial charge is 0.0540 e. The molecule has 1 heteroatoms.